The van der Waals surface area contributed by atoms with Crippen LogP contribution in [0.4, 0.5) is 11.5 Å². The summed E-state index contributed by atoms with van der Waals surface area (Å²) in [7, 11) is 1.52. The summed E-state index contributed by atoms with van der Waals surface area (Å²) < 4.78 is 1.08. The quantitative estimate of drug-likeness (QED) is 0.416. The van der Waals surface area contributed by atoms with E-state index in [1.165, 1.54) is 30.1 Å². The van der Waals surface area contributed by atoms with Crippen LogP contribution in [0.2, 0.25) is 0 Å². The molecule has 0 aliphatic rings. The number of carbonyl (C=O) groups is 2. The Morgan fingerprint density at radius 2 is 1.88 bits per heavy atom. The van der Waals surface area contributed by atoms with Crippen LogP contribution in [-0.4, -0.2) is 34.1 Å². The molecule has 8 heteroatoms. The van der Waals surface area contributed by atoms with Crippen LogP contribution in [0.1, 0.15) is 10.4 Å². The van der Waals surface area contributed by atoms with Crippen molar-refractivity contribution in [1.29, 1.82) is 0 Å². The topological polar surface area (TPSA) is 98.3 Å². The van der Waals surface area contributed by atoms with E-state index in [1.807, 2.05) is 0 Å². The highest BCUT2D eigenvalue weighted by atomic mass is 16.6. The number of amides is 1. The summed E-state index contributed by atoms with van der Waals surface area (Å²) in [6.45, 7) is 0. The van der Waals surface area contributed by atoms with Crippen LogP contribution >= 0.6 is 0 Å². The molecule has 0 atom stereocenters. The Morgan fingerprint density at radius 3 is 2.58 bits per heavy atom. The number of fused-ring (bicyclic) bond motifs is 1. The molecular formula is C16H12N4O4. The second kappa shape index (κ2) is 5.92. The predicted molar refractivity (Wildman–Crippen MR) is 87.0 cm³/mol. The van der Waals surface area contributed by atoms with Crippen LogP contribution in [0, 0.1) is 10.1 Å². The van der Waals surface area contributed by atoms with Gasteiger partial charge in [0.2, 0.25) is 6.41 Å². The summed E-state index contributed by atoms with van der Waals surface area (Å²) in [4.78, 5) is 35.6. The maximum atomic E-state index is 12.8. The predicted octanol–water partition coefficient (Wildman–Crippen LogP) is 2.23. The molecule has 2 aromatic carbocycles. The van der Waals surface area contributed by atoms with E-state index in [0.29, 0.717) is 23.1 Å². The minimum atomic E-state index is -0.635. The van der Waals surface area contributed by atoms with Crippen molar-refractivity contribution in [3.8, 4) is 0 Å². The lowest BCUT2D eigenvalue weighted by Crippen LogP contribution is -2.18. The molecule has 1 amide bonds. The van der Waals surface area contributed by atoms with Crippen LogP contribution in [0.15, 0.2) is 48.5 Å². The standard InChI is InChI=1S/C16H12N4O4/c1-18(10-21)15-11-6-2-4-8-13(11)19(17-15)16(22)12-7-3-5-9-14(12)20(23)24/h2-10H,1H3. The lowest BCUT2D eigenvalue weighted by molar-refractivity contribution is -0.385. The molecule has 0 radical (unpaired) electrons. The zero-order valence-corrected chi connectivity index (χ0v) is 12.6. The van der Waals surface area contributed by atoms with E-state index in [9.17, 15) is 19.7 Å². The number of hydrogen-bond donors (Lipinski definition) is 0. The zero-order chi connectivity index (χ0) is 17.3. The highest BCUT2D eigenvalue weighted by Gasteiger charge is 2.24. The maximum absolute atomic E-state index is 12.8. The second-order valence-corrected chi connectivity index (χ2v) is 5.05. The minimum Gasteiger partial charge on any atom is -0.301 e. The first kappa shape index (κ1) is 15.3. The lowest BCUT2D eigenvalue weighted by atomic mass is 10.1. The molecule has 1 heterocycles. The molecule has 0 N–H and O–H groups in total. The number of para-hydroxylation sites is 2. The number of hydrogen-bond acceptors (Lipinski definition) is 5. The average molecular weight is 324 g/mol. The van der Waals surface area contributed by atoms with Gasteiger partial charge in [-0.1, -0.05) is 24.3 Å². The van der Waals surface area contributed by atoms with Gasteiger partial charge in [-0.15, -0.1) is 5.10 Å². The highest BCUT2D eigenvalue weighted by Crippen LogP contribution is 2.27. The highest BCUT2D eigenvalue weighted by molar-refractivity contribution is 6.06. The van der Waals surface area contributed by atoms with Crippen molar-refractivity contribution in [2.75, 3.05) is 11.9 Å². The number of carbonyl (C=O) groups excluding carboxylic acids is 2. The largest absolute Gasteiger partial charge is 0.301 e. The summed E-state index contributed by atoms with van der Waals surface area (Å²) in [6.07, 6.45) is 0.578. The van der Waals surface area contributed by atoms with Gasteiger partial charge in [0, 0.05) is 18.5 Å². The van der Waals surface area contributed by atoms with Gasteiger partial charge in [0.25, 0.3) is 11.6 Å². The first-order valence-electron chi connectivity index (χ1n) is 6.98. The number of benzene rings is 2. The fourth-order valence-electron chi connectivity index (χ4n) is 2.44. The Morgan fingerprint density at radius 1 is 1.21 bits per heavy atom. The SMILES string of the molecule is CN(C=O)c1nn(C(=O)c2ccccc2[N+](=O)[O-])c2ccccc12. The second-order valence-electron chi connectivity index (χ2n) is 5.05. The third kappa shape index (κ3) is 2.39. The van der Waals surface area contributed by atoms with Crippen LogP contribution in [-0.2, 0) is 4.79 Å². The summed E-state index contributed by atoms with van der Waals surface area (Å²) in [6, 6.07) is 12.5. The number of aromatic nitrogens is 2. The number of rotatable bonds is 4. The first-order chi connectivity index (χ1) is 11.5. The first-order valence-corrected chi connectivity index (χ1v) is 6.98. The molecule has 8 nitrogen and oxygen atoms in total. The molecule has 3 rings (SSSR count). The molecule has 120 valence electrons. The third-order valence-electron chi connectivity index (χ3n) is 3.58. The van der Waals surface area contributed by atoms with E-state index in [0.717, 1.165) is 4.68 Å². The Kier molecular flexibility index (Phi) is 3.78. The smallest absolute Gasteiger partial charge is 0.285 e. The van der Waals surface area contributed by atoms with E-state index in [4.69, 9.17) is 0 Å². The summed E-state index contributed by atoms with van der Waals surface area (Å²) >= 11 is 0. The Hall–Kier alpha value is -3.55. The molecule has 0 aliphatic carbocycles. The summed E-state index contributed by atoms with van der Waals surface area (Å²) in [5.74, 6) is -0.336. The maximum Gasteiger partial charge on any atom is 0.285 e. The van der Waals surface area contributed by atoms with E-state index in [2.05, 4.69) is 5.10 Å². The van der Waals surface area contributed by atoms with Crippen molar-refractivity contribution in [3.05, 3.63) is 64.2 Å². The Balaban J connectivity index is 2.22. The normalized spacial score (nSPS) is 10.5. The van der Waals surface area contributed by atoms with E-state index in [1.54, 1.807) is 30.3 Å². The number of nitro groups is 1. The van der Waals surface area contributed by atoms with Crippen LogP contribution < -0.4 is 4.90 Å². The molecule has 1 aromatic heterocycles. The molecule has 0 fully saturated rings. The monoisotopic (exact) mass is 324 g/mol. The molecule has 0 aliphatic heterocycles. The van der Waals surface area contributed by atoms with Gasteiger partial charge in [-0.3, -0.25) is 19.7 Å². The van der Waals surface area contributed by atoms with Crippen LogP contribution in [0.5, 0.6) is 0 Å². The van der Waals surface area contributed by atoms with Crippen molar-refractivity contribution in [3.63, 3.8) is 0 Å². The molecule has 0 saturated heterocycles. The van der Waals surface area contributed by atoms with Gasteiger partial charge in [0.05, 0.1) is 10.4 Å². The van der Waals surface area contributed by atoms with Crippen molar-refractivity contribution >= 4 is 34.7 Å². The van der Waals surface area contributed by atoms with Crippen LogP contribution in [0.25, 0.3) is 10.9 Å². The van der Waals surface area contributed by atoms with Crippen molar-refractivity contribution < 1.29 is 14.5 Å². The zero-order valence-electron chi connectivity index (χ0n) is 12.6. The molecule has 0 spiro atoms. The van der Waals surface area contributed by atoms with Crippen molar-refractivity contribution in [2.45, 2.75) is 0 Å². The van der Waals surface area contributed by atoms with E-state index >= 15 is 0 Å². The van der Waals surface area contributed by atoms with Crippen LogP contribution in [0.3, 0.4) is 0 Å². The Bertz CT molecular complexity index is 964. The van der Waals surface area contributed by atoms with Gasteiger partial charge < -0.3 is 4.90 Å². The number of nitrogens with zero attached hydrogens (tertiary/aromatic N) is 4. The lowest BCUT2D eigenvalue weighted by Gasteiger charge is -2.06. The Labute approximate surface area is 136 Å². The number of anilines is 1. The van der Waals surface area contributed by atoms with E-state index < -0.39 is 10.8 Å². The van der Waals surface area contributed by atoms with Gasteiger partial charge in [-0.2, -0.15) is 4.68 Å². The molecule has 24 heavy (non-hydrogen) atoms. The van der Waals surface area contributed by atoms with Gasteiger partial charge in [0.15, 0.2) is 5.82 Å². The summed E-state index contributed by atoms with van der Waals surface area (Å²) in [5.41, 5.74) is 0.0905. The molecule has 0 unspecified atom stereocenters. The molecular weight excluding hydrogens is 312 g/mol. The molecule has 0 saturated carbocycles. The molecule has 0 bridgehead atoms. The average Bonchev–Trinajstić information content (AvgIpc) is 3.00. The van der Waals surface area contributed by atoms with Gasteiger partial charge in [-0.05, 0) is 18.2 Å². The summed E-state index contributed by atoms with van der Waals surface area (Å²) in [5, 5.41) is 15.9. The molecule has 3 aromatic rings. The fourth-order valence-corrected chi connectivity index (χ4v) is 2.44. The van der Waals surface area contributed by atoms with Gasteiger partial charge >= 0.3 is 0 Å². The minimum absolute atomic E-state index is 0.0731. The van der Waals surface area contributed by atoms with Gasteiger partial charge in [-0.25, -0.2) is 0 Å². The fraction of sp³-hybridized carbons (Fsp3) is 0.0625. The number of nitro benzene ring substituents is 1. The van der Waals surface area contributed by atoms with E-state index in [-0.39, 0.29) is 11.3 Å². The third-order valence-corrected chi connectivity index (χ3v) is 3.58. The van der Waals surface area contributed by atoms with Crippen molar-refractivity contribution in [2.24, 2.45) is 0 Å². The van der Waals surface area contributed by atoms with Crippen molar-refractivity contribution in [1.82, 2.24) is 9.78 Å². The van der Waals surface area contributed by atoms with Gasteiger partial charge in [0.1, 0.15) is 5.56 Å².